The van der Waals surface area contributed by atoms with Gasteiger partial charge < -0.3 is 4.90 Å². The first-order valence-corrected chi connectivity index (χ1v) is 10.3. The number of nitrogens with zero attached hydrogens (tertiary/aromatic N) is 4. The maximum absolute atomic E-state index is 10.4. The molecule has 0 radical (unpaired) electrons. The second-order valence-corrected chi connectivity index (χ2v) is 7.92. The van der Waals surface area contributed by atoms with E-state index >= 15 is 0 Å². The molecular weight excluding hydrogens is 358 g/mol. The molecule has 1 atom stereocenters. The lowest BCUT2D eigenvalue weighted by molar-refractivity contribution is 0.195. The summed E-state index contributed by atoms with van der Waals surface area (Å²) in [6.07, 6.45) is 3.01. The van der Waals surface area contributed by atoms with Crippen LogP contribution in [0.4, 0.5) is 0 Å². The standard InChI is InChI=1S/C24H27N5/c1-19-26-23(28-27-19)20-9-8-15-29(17-20)16-14-24(18-25,21-10-4-2-5-11-21)22-12-6-3-7-13-22/h2-7,10-13,20H,8-9,14-17H2,1H3,(H,26,27,28)/t20-/m0/s1. The number of likely N-dealkylation sites (tertiary alicyclic amines) is 1. The fraction of sp³-hybridized carbons (Fsp3) is 0.375. The summed E-state index contributed by atoms with van der Waals surface area (Å²) < 4.78 is 0. The molecule has 1 saturated heterocycles. The number of hydrogen-bond acceptors (Lipinski definition) is 4. The van der Waals surface area contributed by atoms with E-state index in [9.17, 15) is 5.26 Å². The first kappa shape index (κ1) is 19.4. The molecule has 2 heterocycles. The van der Waals surface area contributed by atoms with Gasteiger partial charge in [-0.1, -0.05) is 60.7 Å². The van der Waals surface area contributed by atoms with E-state index in [0.717, 1.165) is 61.7 Å². The van der Waals surface area contributed by atoms with E-state index in [1.807, 2.05) is 43.3 Å². The first-order chi connectivity index (χ1) is 14.2. The van der Waals surface area contributed by atoms with Crippen molar-refractivity contribution < 1.29 is 0 Å². The Morgan fingerprint density at radius 2 is 1.76 bits per heavy atom. The fourth-order valence-corrected chi connectivity index (χ4v) is 4.42. The van der Waals surface area contributed by atoms with E-state index < -0.39 is 5.41 Å². The van der Waals surface area contributed by atoms with Crippen LogP contribution >= 0.6 is 0 Å². The molecular formula is C24H27N5. The van der Waals surface area contributed by atoms with Crippen LogP contribution in [-0.2, 0) is 5.41 Å². The third-order valence-corrected chi connectivity index (χ3v) is 6.01. The smallest absolute Gasteiger partial charge is 0.155 e. The van der Waals surface area contributed by atoms with Crippen LogP contribution in [0.2, 0.25) is 0 Å². The second kappa shape index (κ2) is 8.59. The average Bonchev–Trinajstić information content (AvgIpc) is 3.23. The Labute approximate surface area is 172 Å². The van der Waals surface area contributed by atoms with Crippen molar-refractivity contribution in [3.05, 3.63) is 83.4 Å². The molecule has 2 aromatic carbocycles. The summed E-state index contributed by atoms with van der Waals surface area (Å²) in [5, 5.41) is 17.7. The Balaban J connectivity index is 1.55. The van der Waals surface area contributed by atoms with Crippen molar-refractivity contribution in [1.82, 2.24) is 20.1 Å². The van der Waals surface area contributed by atoms with E-state index in [2.05, 4.69) is 50.4 Å². The van der Waals surface area contributed by atoms with Gasteiger partial charge in [-0.15, -0.1) is 0 Å². The van der Waals surface area contributed by atoms with Crippen LogP contribution < -0.4 is 0 Å². The average molecular weight is 386 g/mol. The molecule has 29 heavy (non-hydrogen) atoms. The summed E-state index contributed by atoms with van der Waals surface area (Å²) in [7, 11) is 0. The molecule has 0 amide bonds. The number of aromatic nitrogens is 3. The van der Waals surface area contributed by atoms with Gasteiger partial charge >= 0.3 is 0 Å². The number of H-pyrrole nitrogens is 1. The van der Waals surface area contributed by atoms with Crippen LogP contribution in [0.25, 0.3) is 0 Å². The van der Waals surface area contributed by atoms with E-state index in [4.69, 9.17) is 0 Å². The van der Waals surface area contributed by atoms with Gasteiger partial charge in [-0.25, -0.2) is 4.98 Å². The Morgan fingerprint density at radius 3 is 2.31 bits per heavy atom. The normalized spacial score (nSPS) is 17.7. The van der Waals surface area contributed by atoms with Gasteiger partial charge in [-0.3, -0.25) is 5.10 Å². The zero-order chi connectivity index (χ0) is 20.1. The van der Waals surface area contributed by atoms with Crippen molar-refractivity contribution in [1.29, 1.82) is 5.26 Å². The van der Waals surface area contributed by atoms with Gasteiger partial charge in [0.15, 0.2) is 5.82 Å². The zero-order valence-electron chi connectivity index (χ0n) is 16.9. The number of nitriles is 1. The molecule has 1 aliphatic rings. The molecule has 1 fully saturated rings. The monoisotopic (exact) mass is 385 g/mol. The highest BCUT2D eigenvalue weighted by Gasteiger charge is 2.35. The number of aryl methyl sites for hydroxylation is 1. The molecule has 0 spiro atoms. The molecule has 0 unspecified atom stereocenters. The molecule has 5 heteroatoms. The minimum Gasteiger partial charge on any atom is -0.303 e. The van der Waals surface area contributed by atoms with Crippen molar-refractivity contribution in [3.8, 4) is 6.07 Å². The third kappa shape index (κ3) is 4.08. The predicted molar refractivity (Wildman–Crippen MR) is 113 cm³/mol. The molecule has 4 rings (SSSR count). The molecule has 1 aliphatic heterocycles. The molecule has 0 bridgehead atoms. The summed E-state index contributed by atoms with van der Waals surface area (Å²) in [5.41, 5.74) is 1.48. The third-order valence-electron chi connectivity index (χ3n) is 6.01. The molecule has 5 nitrogen and oxygen atoms in total. The quantitative estimate of drug-likeness (QED) is 0.691. The maximum Gasteiger partial charge on any atom is 0.155 e. The SMILES string of the molecule is Cc1nc([C@H]2CCCN(CCC(C#N)(c3ccccc3)c3ccccc3)C2)n[nH]1. The fourth-order valence-electron chi connectivity index (χ4n) is 4.42. The van der Waals surface area contributed by atoms with Crippen LogP contribution in [0.15, 0.2) is 60.7 Å². The van der Waals surface area contributed by atoms with E-state index in [1.165, 1.54) is 0 Å². The molecule has 0 saturated carbocycles. The predicted octanol–water partition coefficient (Wildman–Crippen LogP) is 4.19. The van der Waals surface area contributed by atoms with Gasteiger partial charge in [0.1, 0.15) is 11.2 Å². The molecule has 1 aromatic heterocycles. The summed E-state index contributed by atoms with van der Waals surface area (Å²) >= 11 is 0. The van der Waals surface area contributed by atoms with E-state index in [-0.39, 0.29) is 0 Å². The van der Waals surface area contributed by atoms with Gasteiger partial charge in [0.05, 0.1) is 6.07 Å². The van der Waals surface area contributed by atoms with Crippen molar-refractivity contribution in [2.45, 2.75) is 37.5 Å². The van der Waals surface area contributed by atoms with Gasteiger partial charge in [-0.2, -0.15) is 10.4 Å². The number of aromatic amines is 1. The van der Waals surface area contributed by atoms with Crippen LogP contribution in [0.1, 0.15) is 48.0 Å². The first-order valence-electron chi connectivity index (χ1n) is 10.3. The maximum atomic E-state index is 10.4. The molecule has 3 aromatic rings. The Kier molecular flexibility index (Phi) is 5.73. The summed E-state index contributed by atoms with van der Waals surface area (Å²) in [6, 6.07) is 23.1. The largest absolute Gasteiger partial charge is 0.303 e. The highest BCUT2D eigenvalue weighted by Crippen LogP contribution is 2.36. The minimum atomic E-state index is -0.642. The number of rotatable bonds is 6. The van der Waals surface area contributed by atoms with Crippen molar-refractivity contribution in [2.24, 2.45) is 0 Å². The van der Waals surface area contributed by atoms with E-state index in [1.54, 1.807) is 0 Å². The molecule has 0 aliphatic carbocycles. The minimum absolute atomic E-state index is 0.360. The Morgan fingerprint density at radius 1 is 1.10 bits per heavy atom. The molecule has 1 N–H and O–H groups in total. The number of benzene rings is 2. The lowest BCUT2D eigenvalue weighted by Crippen LogP contribution is -2.39. The number of nitrogens with one attached hydrogen (secondary N) is 1. The second-order valence-electron chi connectivity index (χ2n) is 7.92. The Hall–Kier alpha value is -2.97. The van der Waals surface area contributed by atoms with Crippen LogP contribution in [0.3, 0.4) is 0 Å². The van der Waals surface area contributed by atoms with Gasteiger partial charge in [0.2, 0.25) is 0 Å². The summed E-state index contributed by atoms with van der Waals surface area (Å²) in [6.45, 7) is 4.82. The zero-order valence-corrected chi connectivity index (χ0v) is 16.9. The number of hydrogen-bond donors (Lipinski definition) is 1. The highest BCUT2D eigenvalue weighted by atomic mass is 15.2. The van der Waals surface area contributed by atoms with Gasteiger partial charge in [-0.05, 0) is 43.9 Å². The van der Waals surface area contributed by atoms with Crippen LogP contribution in [0, 0.1) is 18.3 Å². The van der Waals surface area contributed by atoms with Crippen molar-refractivity contribution in [2.75, 3.05) is 19.6 Å². The summed E-state index contributed by atoms with van der Waals surface area (Å²) in [5.74, 6) is 2.15. The van der Waals surface area contributed by atoms with Gasteiger partial charge in [0.25, 0.3) is 0 Å². The van der Waals surface area contributed by atoms with Crippen molar-refractivity contribution in [3.63, 3.8) is 0 Å². The van der Waals surface area contributed by atoms with Crippen LogP contribution in [0.5, 0.6) is 0 Å². The highest BCUT2D eigenvalue weighted by molar-refractivity contribution is 5.45. The lowest BCUT2D eigenvalue weighted by Gasteiger charge is -2.35. The number of piperidine rings is 1. The lowest BCUT2D eigenvalue weighted by atomic mass is 9.73. The molecule has 148 valence electrons. The van der Waals surface area contributed by atoms with Gasteiger partial charge in [0, 0.05) is 19.0 Å². The van der Waals surface area contributed by atoms with Crippen molar-refractivity contribution >= 4 is 0 Å². The topological polar surface area (TPSA) is 68.6 Å². The summed E-state index contributed by atoms with van der Waals surface area (Å²) in [4.78, 5) is 7.01. The van der Waals surface area contributed by atoms with Crippen LogP contribution in [-0.4, -0.2) is 39.7 Å². The Bertz CT molecular complexity index is 918. The van der Waals surface area contributed by atoms with E-state index in [0.29, 0.717) is 5.92 Å².